The van der Waals surface area contributed by atoms with Gasteiger partial charge in [-0.05, 0) is 30.9 Å². The SMILES string of the molecule is Nc1c(C(=O)NC(C(=O)O)C2CCCC2)nn(-c2ccccc2)c1C(=O)c1ccccc1. The number of carboxylic acids is 1. The summed E-state index contributed by atoms with van der Waals surface area (Å²) in [5, 5.41) is 16.6. The first-order valence-electron chi connectivity index (χ1n) is 10.5. The van der Waals surface area contributed by atoms with Gasteiger partial charge in [0.15, 0.2) is 5.69 Å². The fourth-order valence-electron chi connectivity index (χ4n) is 4.18. The number of hydrogen-bond donors (Lipinski definition) is 3. The fourth-order valence-corrected chi connectivity index (χ4v) is 4.18. The molecule has 0 aliphatic heterocycles. The zero-order valence-electron chi connectivity index (χ0n) is 17.4. The van der Waals surface area contributed by atoms with Crippen LogP contribution in [0.15, 0.2) is 60.7 Å². The van der Waals surface area contributed by atoms with Crippen molar-refractivity contribution < 1.29 is 19.5 Å². The van der Waals surface area contributed by atoms with Crippen molar-refractivity contribution in [2.75, 3.05) is 5.73 Å². The van der Waals surface area contributed by atoms with Gasteiger partial charge < -0.3 is 16.2 Å². The lowest BCUT2D eigenvalue weighted by molar-refractivity contribution is -0.140. The highest BCUT2D eigenvalue weighted by Crippen LogP contribution is 2.29. The zero-order valence-corrected chi connectivity index (χ0v) is 17.4. The minimum absolute atomic E-state index is 0.0558. The van der Waals surface area contributed by atoms with Crippen LogP contribution in [0.3, 0.4) is 0 Å². The van der Waals surface area contributed by atoms with E-state index in [1.807, 2.05) is 6.07 Å². The Morgan fingerprint density at radius 2 is 1.59 bits per heavy atom. The van der Waals surface area contributed by atoms with Crippen LogP contribution < -0.4 is 11.1 Å². The van der Waals surface area contributed by atoms with Crippen LogP contribution >= 0.6 is 0 Å². The van der Waals surface area contributed by atoms with E-state index in [9.17, 15) is 19.5 Å². The van der Waals surface area contributed by atoms with E-state index >= 15 is 0 Å². The van der Waals surface area contributed by atoms with Crippen molar-refractivity contribution in [1.82, 2.24) is 15.1 Å². The Hall–Kier alpha value is -3.94. The highest BCUT2D eigenvalue weighted by molar-refractivity contribution is 6.14. The molecule has 1 fully saturated rings. The number of hydrogen-bond acceptors (Lipinski definition) is 5. The molecule has 164 valence electrons. The molecule has 1 amide bonds. The first-order valence-corrected chi connectivity index (χ1v) is 10.5. The quantitative estimate of drug-likeness (QED) is 0.493. The Labute approximate surface area is 185 Å². The maximum Gasteiger partial charge on any atom is 0.326 e. The molecular weight excluding hydrogens is 408 g/mol. The van der Waals surface area contributed by atoms with E-state index < -0.39 is 17.9 Å². The third kappa shape index (κ3) is 4.12. The normalized spacial score (nSPS) is 14.8. The van der Waals surface area contributed by atoms with E-state index in [2.05, 4.69) is 10.4 Å². The second-order valence-electron chi connectivity index (χ2n) is 7.89. The molecule has 0 saturated heterocycles. The molecule has 1 aliphatic rings. The molecule has 1 aliphatic carbocycles. The van der Waals surface area contributed by atoms with E-state index in [1.54, 1.807) is 54.6 Å². The minimum atomic E-state index is -1.09. The number of ketones is 1. The lowest BCUT2D eigenvalue weighted by atomic mass is 9.98. The number of anilines is 1. The predicted molar refractivity (Wildman–Crippen MR) is 119 cm³/mol. The molecule has 8 heteroatoms. The smallest absolute Gasteiger partial charge is 0.326 e. The number of para-hydroxylation sites is 1. The van der Waals surface area contributed by atoms with E-state index in [0.29, 0.717) is 11.3 Å². The van der Waals surface area contributed by atoms with Crippen molar-refractivity contribution in [3.05, 3.63) is 77.6 Å². The van der Waals surface area contributed by atoms with Gasteiger partial charge in [-0.15, -0.1) is 0 Å². The maximum absolute atomic E-state index is 13.3. The topological polar surface area (TPSA) is 127 Å². The molecule has 1 aromatic heterocycles. The number of nitrogens with one attached hydrogen (secondary N) is 1. The number of benzene rings is 2. The van der Waals surface area contributed by atoms with Gasteiger partial charge in [-0.1, -0.05) is 61.4 Å². The van der Waals surface area contributed by atoms with Crippen molar-refractivity contribution >= 4 is 23.3 Å². The molecular formula is C24H24N4O4. The molecule has 3 aromatic rings. The Morgan fingerprint density at radius 3 is 2.19 bits per heavy atom. The average Bonchev–Trinajstić information content (AvgIpc) is 3.46. The van der Waals surface area contributed by atoms with Gasteiger partial charge in [-0.3, -0.25) is 9.59 Å². The Kier molecular flexibility index (Phi) is 6.02. The number of aliphatic carboxylic acids is 1. The van der Waals surface area contributed by atoms with Crippen molar-refractivity contribution in [3.63, 3.8) is 0 Å². The average molecular weight is 432 g/mol. The lowest BCUT2D eigenvalue weighted by Crippen LogP contribution is -2.45. The highest BCUT2D eigenvalue weighted by Gasteiger charge is 2.34. The predicted octanol–water partition coefficient (Wildman–Crippen LogP) is 3.06. The summed E-state index contributed by atoms with van der Waals surface area (Å²) in [7, 11) is 0. The number of nitrogens with two attached hydrogens (primary N) is 1. The lowest BCUT2D eigenvalue weighted by Gasteiger charge is -2.20. The number of amides is 1. The van der Waals surface area contributed by atoms with Gasteiger partial charge in [0.2, 0.25) is 5.78 Å². The number of rotatable bonds is 7. The summed E-state index contributed by atoms with van der Waals surface area (Å²) in [5.41, 5.74) is 7.03. The third-order valence-corrected chi connectivity index (χ3v) is 5.81. The second-order valence-corrected chi connectivity index (χ2v) is 7.89. The number of carbonyl (C=O) groups excluding carboxylic acids is 2. The van der Waals surface area contributed by atoms with Gasteiger partial charge in [0.25, 0.3) is 5.91 Å². The van der Waals surface area contributed by atoms with Gasteiger partial charge in [0.05, 0.1) is 11.4 Å². The fraction of sp³-hybridized carbons (Fsp3) is 0.250. The standard InChI is InChI=1S/C24H24N4O4/c25-18-20(23(30)26-19(24(31)32)15-9-7-8-10-15)27-28(17-13-5-2-6-14-17)21(18)22(29)16-11-3-1-4-12-16/h1-6,11-15,19H,7-10,25H2,(H,26,30)(H,31,32). The van der Waals surface area contributed by atoms with Crippen LogP contribution in [0.4, 0.5) is 5.69 Å². The maximum atomic E-state index is 13.3. The van der Waals surface area contributed by atoms with Crippen LogP contribution in [0.2, 0.25) is 0 Å². The van der Waals surface area contributed by atoms with Crippen molar-refractivity contribution in [2.24, 2.45) is 5.92 Å². The molecule has 1 unspecified atom stereocenters. The number of aromatic nitrogens is 2. The van der Waals surface area contributed by atoms with Gasteiger partial charge in [-0.2, -0.15) is 5.10 Å². The first kappa shape index (κ1) is 21.3. The van der Waals surface area contributed by atoms with Gasteiger partial charge in [0.1, 0.15) is 11.7 Å². The number of nitrogens with zero attached hydrogens (tertiary/aromatic N) is 2. The van der Waals surface area contributed by atoms with Crippen LogP contribution in [0.25, 0.3) is 5.69 Å². The van der Waals surface area contributed by atoms with Gasteiger partial charge in [-0.25, -0.2) is 9.48 Å². The molecule has 1 saturated carbocycles. The Morgan fingerprint density at radius 1 is 1.00 bits per heavy atom. The summed E-state index contributed by atoms with van der Waals surface area (Å²) >= 11 is 0. The summed E-state index contributed by atoms with van der Waals surface area (Å²) < 4.78 is 1.34. The van der Waals surface area contributed by atoms with Crippen LogP contribution in [0.1, 0.15) is 52.2 Å². The number of carboxylic acid groups (broad SMARTS) is 1. The molecule has 1 heterocycles. The molecule has 0 radical (unpaired) electrons. The molecule has 4 N–H and O–H groups in total. The Bertz CT molecular complexity index is 1140. The summed E-state index contributed by atoms with van der Waals surface area (Å²) in [6.07, 6.45) is 3.35. The molecule has 32 heavy (non-hydrogen) atoms. The second kappa shape index (κ2) is 9.05. The summed E-state index contributed by atoms with van der Waals surface area (Å²) in [4.78, 5) is 38.1. The van der Waals surface area contributed by atoms with E-state index in [1.165, 1.54) is 4.68 Å². The first-order chi connectivity index (χ1) is 15.5. The van der Waals surface area contributed by atoms with Crippen molar-refractivity contribution in [2.45, 2.75) is 31.7 Å². The number of carbonyl (C=O) groups is 3. The van der Waals surface area contributed by atoms with Crippen LogP contribution in [-0.2, 0) is 4.79 Å². The molecule has 0 bridgehead atoms. The Balaban J connectivity index is 1.74. The monoisotopic (exact) mass is 432 g/mol. The van der Waals surface area contributed by atoms with Crippen LogP contribution in [0.5, 0.6) is 0 Å². The molecule has 4 rings (SSSR count). The summed E-state index contributed by atoms with van der Waals surface area (Å²) in [5.74, 6) is -2.33. The zero-order chi connectivity index (χ0) is 22.7. The molecule has 2 aromatic carbocycles. The summed E-state index contributed by atoms with van der Waals surface area (Å²) in [6, 6.07) is 16.4. The minimum Gasteiger partial charge on any atom is -0.480 e. The third-order valence-electron chi connectivity index (χ3n) is 5.81. The largest absolute Gasteiger partial charge is 0.480 e. The van der Waals surface area contributed by atoms with Crippen molar-refractivity contribution in [3.8, 4) is 5.69 Å². The molecule has 1 atom stereocenters. The summed E-state index contributed by atoms with van der Waals surface area (Å²) in [6.45, 7) is 0. The molecule has 0 spiro atoms. The van der Waals surface area contributed by atoms with E-state index in [0.717, 1.165) is 25.7 Å². The van der Waals surface area contributed by atoms with Crippen LogP contribution in [0, 0.1) is 5.92 Å². The van der Waals surface area contributed by atoms with Gasteiger partial charge in [0, 0.05) is 5.56 Å². The van der Waals surface area contributed by atoms with Gasteiger partial charge >= 0.3 is 5.97 Å². The number of nitrogen functional groups attached to an aromatic ring is 1. The highest BCUT2D eigenvalue weighted by atomic mass is 16.4. The van der Waals surface area contributed by atoms with Crippen LogP contribution in [-0.4, -0.2) is 38.6 Å². The molecule has 8 nitrogen and oxygen atoms in total. The van der Waals surface area contributed by atoms with E-state index in [-0.39, 0.29) is 28.8 Å². The van der Waals surface area contributed by atoms with E-state index in [4.69, 9.17) is 5.73 Å². The van der Waals surface area contributed by atoms with Crippen molar-refractivity contribution in [1.29, 1.82) is 0 Å².